The quantitative estimate of drug-likeness (QED) is 0.233. The molecule has 0 aromatic rings. The molecule has 10 heteroatoms. The monoisotopic (exact) mass is 468 g/mol. The van der Waals surface area contributed by atoms with E-state index in [0.29, 0.717) is 32.0 Å². The summed E-state index contributed by atoms with van der Waals surface area (Å²) < 4.78 is 41.3. The van der Waals surface area contributed by atoms with Gasteiger partial charge in [0, 0.05) is 26.2 Å². The van der Waals surface area contributed by atoms with Crippen molar-refractivity contribution in [2.75, 3.05) is 26.2 Å². The van der Waals surface area contributed by atoms with Crippen molar-refractivity contribution in [3.8, 4) is 0 Å². The molecule has 144 valence electrons. The molecule has 0 spiro atoms. The van der Waals surface area contributed by atoms with Crippen LogP contribution in [0.1, 0.15) is 40.5 Å². The zero-order chi connectivity index (χ0) is 17.9. The Hall–Kier alpha value is -0.940. The Morgan fingerprint density at radius 3 is 2.21 bits per heavy atom. The highest BCUT2D eigenvalue weighted by atomic mass is 127. The summed E-state index contributed by atoms with van der Waals surface area (Å²) in [7, 11) is 0. The first kappa shape index (κ1) is 25.3. The summed E-state index contributed by atoms with van der Waals surface area (Å²) in [5.74, 6) is 0.328. The zero-order valence-electron chi connectivity index (χ0n) is 14.5. The lowest BCUT2D eigenvalue weighted by Crippen LogP contribution is -2.39. The number of hydrogen-bond acceptors (Lipinski definition) is 3. The van der Waals surface area contributed by atoms with Crippen LogP contribution in [0.2, 0.25) is 0 Å². The van der Waals surface area contributed by atoms with E-state index in [2.05, 4.69) is 20.9 Å². The topological polar surface area (TPSA) is 74.8 Å². The summed E-state index contributed by atoms with van der Waals surface area (Å²) in [6.07, 6.45) is -5.06. The molecular weight excluding hydrogens is 440 g/mol. The summed E-state index contributed by atoms with van der Waals surface area (Å²) in [5.41, 5.74) is -0.553. The highest BCUT2D eigenvalue weighted by Crippen LogP contribution is 2.17. The molecule has 0 aliphatic carbocycles. The molecule has 0 bridgehead atoms. The van der Waals surface area contributed by atoms with Crippen LogP contribution >= 0.6 is 24.0 Å². The van der Waals surface area contributed by atoms with E-state index in [1.807, 2.05) is 6.92 Å². The Morgan fingerprint density at radius 1 is 1.08 bits per heavy atom. The molecule has 0 atom stereocenters. The first-order chi connectivity index (χ1) is 10.5. The molecule has 6 nitrogen and oxygen atoms in total. The van der Waals surface area contributed by atoms with Crippen LogP contribution in [-0.2, 0) is 4.74 Å². The number of halogens is 4. The third-order valence-corrected chi connectivity index (χ3v) is 2.32. The number of guanidine groups is 1. The van der Waals surface area contributed by atoms with Crippen LogP contribution in [-0.4, -0.2) is 50.0 Å². The van der Waals surface area contributed by atoms with Gasteiger partial charge in [0.25, 0.3) is 0 Å². The van der Waals surface area contributed by atoms with E-state index < -0.39 is 24.3 Å². The molecule has 0 aliphatic rings. The molecule has 0 aromatic carbocycles. The Morgan fingerprint density at radius 2 is 1.71 bits per heavy atom. The minimum atomic E-state index is -4.19. The predicted molar refractivity (Wildman–Crippen MR) is 98.9 cm³/mol. The average molecular weight is 468 g/mol. The standard InChI is InChI=1S/C14H27F3N4O2.HI/c1-5-18-11(20-10-7-14(15,16)17)19-8-6-9-21-12(22)23-13(2,3)4;/h5-10H2,1-4H3,(H,21,22)(H2,18,19,20);1H. The second-order valence-corrected chi connectivity index (χ2v) is 5.83. The van der Waals surface area contributed by atoms with Gasteiger partial charge in [-0.2, -0.15) is 13.2 Å². The van der Waals surface area contributed by atoms with Crippen molar-refractivity contribution in [3.63, 3.8) is 0 Å². The molecule has 0 aromatic heterocycles. The maximum absolute atomic E-state index is 12.1. The summed E-state index contributed by atoms with van der Waals surface area (Å²) >= 11 is 0. The van der Waals surface area contributed by atoms with E-state index in [9.17, 15) is 18.0 Å². The summed E-state index contributed by atoms with van der Waals surface area (Å²) in [6.45, 7) is 8.20. The lowest BCUT2D eigenvalue weighted by molar-refractivity contribution is -0.132. The van der Waals surface area contributed by atoms with Crippen LogP contribution in [0.3, 0.4) is 0 Å². The lowest BCUT2D eigenvalue weighted by atomic mass is 10.2. The summed E-state index contributed by atoms with van der Waals surface area (Å²) in [4.78, 5) is 15.5. The van der Waals surface area contributed by atoms with Gasteiger partial charge in [-0.3, -0.25) is 4.99 Å². The van der Waals surface area contributed by atoms with Crippen molar-refractivity contribution in [1.29, 1.82) is 0 Å². The number of amides is 1. The van der Waals surface area contributed by atoms with Gasteiger partial charge < -0.3 is 20.7 Å². The van der Waals surface area contributed by atoms with Crippen molar-refractivity contribution in [1.82, 2.24) is 16.0 Å². The van der Waals surface area contributed by atoms with Gasteiger partial charge in [-0.15, -0.1) is 24.0 Å². The van der Waals surface area contributed by atoms with Gasteiger partial charge in [0.1, 0.15) is 5.60 Å². The predicted octanol–water partition coefficient (Wildman–Crippen LogP) is 3.03. The van der Waals surface area contributed by atoms with Crippen molar-refractivity contribution < 1.29 is 22.7 Å². The van der Waals surface area contributed by atoms with Gasteiger partial charge in [-0.05, 0) is 34.1 Å². The molecule has 0 unspecified atom stereocenters. The molecule has 0 fully saturated rings. The maximum atomic E-state index is 12.1. The largest absolute Gasteiger partial charge is 0.444 e. The van der Waals surface area contributed by atoms with Gasteiger partial charge in [0.2, 0.25) is 0 Å². The third kappa shape index (κ3) is 17.4. The van der Waals surface area contributed by atoms with Crippen molar-refractivity contribution in [2.24, 2.45) is 4.99 Å². The normalized spacial score (nSPS) is 12.2. The van der Waals surface area contributed by atoms with E-state index in [0.717, 1.165) is 0 Å². The van der Waals surface area contributed by atoms with Crippen LogP contribution in [0.15, 0.2) is 4.99 Å². The number of hydrogen-bond donors (Lipinski definition) is 3. The number of carbonyl (C=O) groups excluding carboxylic acids is 1. The lowest BCUT2D eigenvalue weighted by Gasteiger charge is -2.19. The van der Waals surface area contributed by atoms with Gasteiger partial charge in [0.15, 0.2) is 5.96 Å². The van der Waals surface area contributed by atoms with Crippen LogP contribution in [0.5, 0.6) is 0 Å². The number of aliphatic imine (C=N–C) groups is 1. The molecule has 0 radical (unpaired) electrons. The highest BCUT2D eigenvalue weighted by molar-refractivity contribution is 14.0. The first-order valence-electron chi connectivity index (χ1n) is 7.59. The number of alkyl halides is 3. The van der Waals surface area contributed by atoms with Crippen molar-refractivity contribution >= 4 is 36.0 Å². The van der Waals surface area contributed by atoms with Crippen LogP contribution in [0.4, 0.5) is 18.0 Å². The maximum Gasteiger partial charge on any atom is 0.407 e. The Bertz CT molecular complexity index is 385. The van der Waals surface area contributed by atoms with Gasteiger partial charge >= 0.3 is 12.3 Å². The van der Waals surface area contributed by atoms with Crippen molar-refractivity contribution in [3.05, 3.63) is 0 Å². The molecule has 0 aliphatic heterocycles. The van der Waals surface area contributed by atoms with Gasteiger partial charge in [-0.1, -0.05) is 0 Å². The molecule has 0 rings (SSSR count). The second-order valence-electron chi connectivity index (χ2n) is 5.83. The number of carbonyl (C=O) groups is 1. The Labute approximate surface area is 158 Å². The molecule has 0 saturated heterocycles. The fourth-order valence-electron chi connectivity index (χ4n) is 1.44. The van der Waals surface area contributed by atoms with E-state index in [-0.39, 0.29) is 30.5 Å². The van der Waals surface area contributed by atoms with E-state index in [1.165, 1.54) is 0 Å². The third-order valence-electron chi connectivity index (χ3n) is 2.32. The molecule has 1 amide bonds. The highest BCUT2D eigenvalue weighted by Gasteiger charge is 2.26. The van der Waals surface area contributed by atoms with Gasteiger partial charge in [0.05, 0.1) is 6.42 Å². The average Bonchev–Trinajstić information content (AvgIpc) is 2.34. The minimum absolute atomic E-state index is 0. The number of nitrogens with zero attached hydrogens (tertiary/aromatic N) is 1. The minimum Gasteiger partial charge on any atom is -0.444 e. The summed E-state index contributed by atoms with van der Waals surface area (Å²) in [5, 5.41) is 8.06. The van der Waals surface area contributed by atoms with E-state index in [4.69, 9.17) is 4.74 Å². The summed E-state index contributed by atoms with van der Waals surface area (Å²) in [6, 6.07) is 0. The smallest absolute Gasteiger partial charge is 0.407 e. The molecule has 0 heterocycles. The van der Waals surface area contributed by atoms with Crippen LogP contribution < -0.4 is 16.0 Å². The number of alkyl carbamates (subject to hydrolysis) is 1. The first-order valence-corrected chi connectivity index (χ1v) is 7.59. The Kier molecular flexibility index (Phi) is 13.1. The van der Waals surface area contributed by atoms with E-state index in [1.54, 1.807) is 20.8 Å². The number of ether oxygens (including phenoxy) is 1. The SMILES string of the molecule is CCNC(=NCCCNC(=O)OC(C)(C)C)NCCC(F)(F)F.I. The fraction of sp³-hybridized carbons (Fsp3) is 0.857. The number of nitrogens with one attached hydrogen (secondary N) is 3. The fourth-order valence-corrected chi connectivity index (χ4v) is 1.44. The zero-order valence-corrected chi connectivity index (χ0v) is 16.9. The van der Waals surface area contributed by atoms with Crippen LogP contribution in [0.25, 0.3) is 0 Å². The molecule has 3 N–H and O–H groups in total. The van der Waals surface area contributed by atoms with Crippen molar-refractivity contribution in [2.45, 2.75) is 52.3 Å². The molecule has 24 heavy (non-hydrogen) atoms. The molecule has 0 saturated carbocycles. The van der Waals surface area contributed by atoms with E-state index >= 15 is 0 Å². The van der Waals surface area contributed by atoms with Gasteiger partial charge in [-0.25, -0.2) is 4.79 Å². The number of rotatable bonds is 7. The molecular formula is C14H28F3IN4O2. The Balaban J connectivity index is 0. The second kappa shape index (κ2) is 12.4. The van der Waals surface area contributed by atoms with Crippen LogP contribution in [0, 0.1) is 0 Å².